The Morgan fingerprint density at radius 3 is 2.65 bits per heavy atom. The second kappa shape index (κ2) is 8.04. The normalized spacial score (nSPS) is 11.0. The van der Waals surface area contributed by atoms with E-state index in [-0.39, 0.29) is 5.84 Å². The molecule has 0 aliphatic rings. The number of hydrogen-bond acceptors (Lipinski definition) is 5. The van der Waals surface area contributed by atoms with Crippen LogP contribution in [0, 0.1) is 5.41 Å². The first kappa shape index (κ1) is 19.0. The standard InChI is InChI=1S/C24H19N5OS/c25-24(26)23-12-18-11-17(7-10-22(18)31-23)20-3-1-2-4-21(20)30-13-16-5-8-19(9-6-16)29-15-27-14-28-29/h1-12,14-15H,13H2,(H3,25,26). The number of benzene rings is 3. The molecule has 6 nitrogen and oxygen atoms in total. The maximum Gasteiger partial charge on any atom is 0.138 e. The van der Waals surface area contributed by atoms with E-state index in [9.17, 15) is 0 Å². The van der Waals surface area contributed by atoms with Gasteiger partial charge in [0.05, 0.1) is 10.6 Å². The average Bonchev–Trinajstić information content (AvgIpc) is 3.48. The highest BCUT2D eigenvalue weighted by atomic mass is 32.1. The molecule has 2 heterocycles. The van der Waals surface area contributed by atoms with Crippen LogP contribution in [0.3, 0.4) is 0 Å². The Bertz CT molecular complexity index is 1360. The Labute approximate surface area is 183 Å². The largest absolute Gasteiger partial charge is 0.488 e. The fourth-order valence-electron chi connectivity index (χ4n) is 3.42. The number of amidine groups is 1. The maximum absolute atomic E-state index is 7.67. The summed E-state index contributed by atoms with van der Waals surface area (Å²) in [5.74, 6) is 0.922. The highest BCUT2D eigenvalue weighted by Gasteiger charge is 2.10. The summed E-state index contributed by atoms with van der Waals surface area (Å²) in [7, 11) is 0. The molecule has 0 aliphatic heterocycles. The van der Waals surface area contributed by atoms with Gasteiger partial charge in [0.2, 0.25) is 0 Å². The second-order valence-electron chi connectivity index (χ2n) is 7.07. The lowest BCUT2D eigenvalue weighted by Gasteiger charge is -2.12. The van der Waals surface area contributed by atoms with Gasteiger partial charge in [0.1, 0.15) is 30.8 Å². The Morgan fingerprint density at radius 1 is 1.03 bits per heavy atom. The van der Waals surface area contributed by atoms with Crippen molar-refractivity contribution in [1.82, 2.24) is 14.8 Å². The number of fused-ring (bicyclic) bond motifs is 1. The van der Waals surface area contributed by atoms with E-state index in [1.165, 1.54) is 17.7 Å². The lowest BCUT2D eigenvalue weighted by Crippen LogP contribution is -2.08. The van der Waals surface area contributed by atoms with Crippen molar-refractivity contribution in [3.63, 3.8) is 0 Å². The van der Waals surface area contributed by atoms with Crippen LogP contribution in [0.25, 0.3) is 26.9 Å². The van der Waals surface area contributed by atoms with E-state index in [4.69, 9.17) is 15.9 Å². The minimum atomic E-state index is 0.0984. The molecule has 0 atom stereocenters. The Hall–Kier alpha value is -3.97. The minimum absolute atomic E-state index is 0.0984. The fourth-order valence-corrected chi connectivity index (χ4v) is 4.33. The van der Waals surface area contributed by atoms with Crippen molar-refractivity contribution >= 4 is 27.3 Å². The predicted molar refractivity (Wildman–Crippen MR) is 124 cm³/mol. The molecule has 0 spiro atoms. The van der Waals surface area contributed by atoms with E-state index in [0.29, 0.717) is 6.61 Å². The molecule has 3 aromatic carbocycles. The van der Waals surface area contributed by atoms with E-state index in [2.05, 4.69) is 34.3 Å². The monoisotopic (exact) mass is 425 g/mol. The van der Waals surface area contributed by atoms with Crippen LogP contribution in [-0.4, -0.2) is 20.6 Å². The number of nitrogens with one attached hydrogen (secondary N) is 1. The molecule has 31 heavy (non-hydrogen) atoms. The molecule has 0 fully saturated rings. The summed E-state index contributed by atoms with van der Waals surface area (Å²) in [6.07, 6.45) is 3.19. The Balaban J connectivity index is 1.38. The molecule has 0 saturated carbocycles. The molecule has 5 aromatic rings. The van der Waals surface area contributed by atoms with Crippen LogP contribution in [-0.2, 0) is 6.61 Å². The summed E-state index contributed by atoms with van der Waals surface area (Å²) in [5.41, 5.74) is 9.76. The molecule has 2 aromatic heterocycles. The van der Waals surface area contributed by atoms with Crippen molar-refractivity contribution in [3.05, 3.63) is 95.9 Å². The summed E-state index contributed by atoms with van der Waals surface area (Å²) in [6, 6.07) is 24.3. The lowest BCUT2D eigenvalue weighted by molar-refractivity contribution is 0.307. The van der Waals surface area contributed by atoms with E-state index >= 15 is 0 Å². The number of hydrogen-bond donors (Lipinski definition) is 2. The van der Waals surface area contributed by atoms with Crippen molar-refractivity contribution in [2.45, 2.75) is 6.61 Å². The van der Waals surface area contributed by atoms with Crippen molar-refractivity contribution in [2.24, 2.45) is 5.73 Å². The van der Waals surface area contributed by atoms with Gasteiger partial charge < -0.3 is 10.5 Å². The third kappa shape index (κ3) is 3.91. The van der Waals surface area contributed by atoms with Gasteiger partial charge in [-0.2, -0.15) is 5.10 Å². The molecule has 0 saturated heterocycles. The van der Waals surface area contributed by atoms with Gasteiger partial charge in [-0.15, -0.1) is 11.3 Å². The molecule has 0 unspecified atom stereocenters. The summed E-state index contributed by atoms with van der Waals surface area (Å²) >= 11 is 1.53. The van der Waals surface area contributed by atoms with Crippen LogP contribution in [0.15, 0.2) is 85.5 Å². The molecular weight excluding hydrogens is 406 g/mol. The zero-order chi connectivity index (χ0) is 21.2. The zero-order valence-corrected chi connectivity index (χ0v) is 17.3. The molecular formula is C24H19N5OS. The van der Waals surface area contributed by atoms with Crippen molar-refractivity contribution < 1.29 is 4.74 Å². The summed E-state index contributed by atoms with van der Waals surface area (Å²) in [5, 5.41) is 12.9. The van der Waals surface area contributed by atoms with Gasteiger partial charge in [-0.05, 0) is 52.9 Å². The Morgan fingerprint density at radius 2 is 1.87 bits per heavy atom. The first-order chi connectivity index (χ1) is 15.2. The minimum Gasteiger partial charge on any atom is -0.488 e. The molecule has 0 aliphatic carbocycles. The third-order valence-corrected chi connectivity index (χ3v) is 6.14. The maximum atomic E-state index is 7.67. The van der Waals surface area contributed by atoms with Crippen LogP contribution >= 0.6 is 11.3 Å². The van der Waals surface area contributed by atoms with Gasteiger partial charge in [-0.25, -0.2) is 9.67 Å². The predicted octanol–water partition coefficient (Wildman–Crippen LogP) is 5.01. The summed E-state index contributed by atoms with van der Waals surface area (Å²) in [6.45, 7) is 0.462. The van der Waals surface area contributed by atoms with Gasteiger partial charge in [-0.3, -0.25) is 5.41 Å². The number of nitrogen functional groups attached to an aromatic ring is 1. The number of rotatable bonds is 6. The number of thiophene rings is 1. The second-order valence-corrected chi connectivity index (χ2v) is 8.15. The van der Waals surface area contributed by atoms with Crippen LogP contribution in [0.1, 0.15) is 10.4 Å². The number of ether oxygens (including phenoxy) is 1. The van der Waals surface area contributed by atoms with Crippen LogP contribution < -0.4 is 10.5 Å². The Kier molecular flexibility index (Phi) is 4.93. The smallest absolute Gasteiger partial charge is 0.138 e. The topological polar surface area (TPSA) is 89.8 Å². The highest BCUT2D eigenvalue weighted by Crippen LogP contribution is 2.34. The van der Waals surface area contributed by atoms with Gasteiger partial charge in [0.25, 0.3) is 0 Å². The van der Waals surface area contributed by atoms with Crippen LogP contribution in [0.2, 0.25) is 0 Å². The first-order valence-electron chi connectivity index (χ1n) is 9.71. The van der Waals surface area contributed by atoms with E-state index in [1.54, 1.807) is 11.0 Å². The molecule has 0 radical (unpaired) electrons. The van der Waals surface area contributed by atoms with Crippen molar-refractivity contribution in [2.75, 3.05) is 0 Å². The fraction of sp³-hybridized carbons (Fsp3) is 0.0417. The molecule has 7 heteroatoms. The van der Waals surface area contributed by atoms with Gasteiger partial charge >= 0.3 is 0 Å². The molecule has 3 N–H and O–H groups in total. The average molecular weight is 426 g/mol. The summed E-state index contributed by atoms with van der Waals surface area (Å²) < 4.78 is 9.01. The number of para-hydroxylation sites is 1. The molecule has 0 bridgehead atoms. The van der Waals surface area contributed by atoms with Gasteiger partial charge in [-0.1, -0.05) is 36.4 Å². The van der Waals surface area contributed by atoms with E-state index in [0.717, 1.165) is 43.1 Å². The molecule has 5 rings (SSSR count). The van der Waals surface area contributed by atoms with Crippen molar-refractivity contribution in [3.8, 4) is 22.6 Å². The molecule has 0 amide bonds. The number of nitrogens with two attached hydrogens (primary N) is 1. The van der Waals surface area contributed by atoms with Crippen LogP contribution in [0.4, 0.5) is 0 Å². The first-order valence-corrected chi connectivity index (χ1v) is 10.5. The van der Waals surface area contributed by atoms with Gasteiger partial charge in [0.15, 0.2) is 0 Å². The molecule has 152 valence electrons. The number of nitrogens with zero attached hydrogens (tertiary/aromatic N) is 3. The SMILES string of the molecule is N=C(N)c1cc2cc(-c3ccccc3OCc3ccc(-n4cncn4)cc3)ccc2s1. The van der Waals surface area contributed by atoms with E-state index < -0.39 is 0 Å². The quantitative estimate of drug-likeness (QED) is 0.295. The number of aromatic nitrogens is 3. The third-order valence-electron chi connectivity index (χ3n) is 4.99. The lowest BCUT2D eigenvalue weighted by atomic mass is 10.0. The van der Waals surface area contributed by atoms with Crippen molar-refractivity contribution in [1.29, 1.82) is 5.41 Å². The van der Waals surface area contributed by atoms with Gasteiger partial charge in [0, 0.05) is 10.3 Å². The zero-order valence-electron chi connectivity index (χ0n) is 16.5. The summed E-state index contributed by atoms with van der Waals surface area (Å²) in [4.78, 5) is 4.76. The highest BCUT2D eigenvalue weighted by molar-refractivity contribution is 7.20. The van der Waals surface area contributed by atoms with Crippen LogP contribution in [0.5, 0.6) is 5.75 Å². The van der Waals surface area contributed by atoms with E-state index in [1.807, 2.05) is 48.5 Å².